The van der Waals surface area contributed by atoms with Crippen molar-refractivity contribution >= 4 is 33.3 Å². The number of methoxy groups -OCH3 is 1. The molecule has 4 aromatic rings. The molecule has 0 saturated carbocycles. The molecule has 1 unspecified atom stereocenters. The second kappa shape index (κ2) is 7.80. The quantitative estimate of drug-likeness (QED) is 0.423. The van der Waals surface area contributed by atoms with Crippen LogP contribution in [-0.4, -0.2) is 53.7 Å². The van der Waals surface area contributed by atoms with Gasteiger partial charge in [-0.05, 0) is 18.4 Å². The molecule has 5 rings (SSSR count). The Labute approximate surface area is 189 Å². The maximum atomic E-state index is 15.3. The van der Waals surface area contributed by atoms with Gasteiger partial charge in [0.05, 0.1) is 34.8 Å². The number of hydrogen-bond donors (Lipinski definition) is 3. The maximum absolute atomic E-state index is 15.3. The van der Waals surface area contributed by atoms with Crippen molar-refractivity contribution in [3.63, 3.8) is 0 Å². The summed E-state index contributed by atoms with van der Waals surface area (Å²) in [5.74, 6) is -1.84. The van der Waals surface area contributed by atoms with Crippen LogP contribution in [0, 0.1) is 17.0 Å². The molecule has 1 atom stereocenters. The molecule has 1 aliphatic rings. The third kappa shape index (κ3) is 3.32. The Morgan fingerprint density at radius 3 is 2.61 bits per heavy atom. The number of aromatic amines is 1. The average molecular weight is 453 g/mol. The minimum atomic E-state index is -0.926. The van der Waals surface area contributed by atoms with Crippen LogP contribution < -0.4 is 20.7 Å². The molecule has 8 nitrogen and oxygen atoms in total. The van der Waals surface area contributed by atoms with Crippen LogP contribution in [0.1, 0.15) is 13.3 Å². The number of nitrogens with two attached hydrogens (primary N) is 1. The molecule has 0 bridgehead atoms. The lowest BCUT2D eigenvalue weighted by molar-refractivity contribution is 0.380. The molecule has 3 aromatic heterocycles. The van der Waals surface area contributed by atoms with Crippen LogP contribution in [0.5, 0.6) is 6.01 Å². The summed E-state index contributed by atoms with van der Waals surface area (Å²) in [6.45, 7) is 4.06. The summed E-state index contributed by atoms with van der Waals surface area (Å²) in [6.07, 6.45) is 5.87. The van der Waals surface area contributed by atoms with Crippen LogP contribution >= 0.6 is 0 Å². The third-order valence-electron chi connectivity index (χ3n) is 6.52. The molecule has 1 aliphatic heterocycles. The van der Waals surface area contributed by atoms with E-state index in [1.165, 1.54) is 7.11 Å². The van der Waals surface area contributed by atoms with E-state index in [4.69, 9.17) is 10.5 Å². The summed E-state index contributed by atoms with van der Waals surface area (Å²) in [7, 11) is 3.16. The van der Waals surface area contributed by atoms with Crippen LogP contribution in [0.2, 0.25) is 0 Å². The van der Waals surface area contributed by atoms with E-state index < -0.39 is 11.6 Å². The number of halogens is 2. The van der Waals surface area contributed by atoms with E-state index in [0.29, 0.717) is 40.9 Å². The van der Waals surface area contributed by atoms with E-state index in [0.717, 1.165) is 30.3 Å². The van der Waals surface area contributed by atoms with Gasteiger partial charge in [-0.2, -0.15) is 0 Å². The first-order valence-corrected chi connectivity index (χ1v) is 10.7. The monoisotopic (exact) mass is 453 g/mol. The summed E-state index contributed by atoms with van der Waals surface area (Å²) in [5, 5.41) is 3.62. The fourth-order valence-corrected chi connectivity index (χ4v) is 4.62. The van der Waals surface area contributed by atoms with Crippen LogP contribution in [0.3, 0.4) is 0 Å². The van der Waals surface area contributed by atoms with E-state index in [2.05, 4.69) is 37.1 Å². The molecule has 10 heteroatoms. The number of nitrogens with zero attached hydrogens (tertiary/aromatic N) is 4. The molecule has 1 saturated heterocycles. The third-order valence-corrected chi connectivity index (χ3v) is 6.52. The van der Waals surface area contributed by atoms with Crippen molar-refractivity contribution in [3.05, 3.63) is 36.3 Å². The number of ether oxygens (including phenoxy) is 1. The van der Waals surface area contributed by atoms with Gasteiger partial charge in [0, 0.05) is 55.9 Å². The number of pyridine rings is 1. The van der Waals surface area contributed by atoms with Gasteiger partial charge in [-0.1, -0.05) is 6.92 Å². The van der Waals surface area contributed by atoms with E-state index >= 15 is 4.39 Å². The highest BCUT2D eigenvalue weighted by atomic mass is 19.2. The van der Waals surface area contributed by atoms with Crippen molar-refractivity contribution in [2.24, 2.45) is 11.1 Å². The first-order chi connectivity index (χ1) is 15.9. The summed E-state index contributed by atoms with van der Waals surface area (Å²) >= 11 is 0. The van der Waals surface area contributed by atoms with Crippen molar-refractivity contribution in [1.82, 2.24) is 19.9 Å². The van der Waals surface area contributed by atoms with Gasteiger partial charge in [0.15, 0.2) is 11.6 Å². The van der Waals surface area contributed by atoms with Crippen LogP contribution in [0.15, 0.2) is 24.7 Å². The fraction of sp³-hybridized carbons (Fsp3) is 0.348. The van der Waals surface area contributed by atoms with Gasteiger partial charge in [-0.15, -0.1) is 0 Å². The maximum Gasteiger partial charge on any atom is 0.316 e. The van der Waals surface area contributed by atoms with Crippen molar-refractivity contribution in [3.8, 4) is 17.1 Å². The molecule has 172 valence electrons. The van der Waals surface area contributed by atoms with Crippen molar-refractivity contribution < 1.29 is 13.5 Å². The minimum absolute atomic E-state index is 0.0880. The summed E-state index contributed by atoms with van der Waals surface area (Å²) in [6, 6.07) is 1.39. The highest BCUT2D eigenvalue weighted by Crippen LogP contribution is 2.45. The molecule has 1 fully saturated rings. The smallest absolute Gasteiger partial charge is 0.316 e. The van der Waals surface area contributed by atoms with Crippen LogP contribution in [0.25, 0.3) is 33.1 Å². The molecular weight excluding hydrogens is 428 g/mol. The topological polar surface area (TPSA) is 105 Å². The van der Waals surface area contributed by atoms with Gasteiger partial charge in [0.1, 0.15) is 5.65 Å². The number of fused-ring (bicyclic) bond motifs is 3. The first-order valence-electron chi connectivity index (χ1n) is 10.7. The standard InChI is InChI=1S/C23H25F2N7O/c1-23(10-26)4-5-32(11-23)20-13(12-7-29-22(33-3)30-8-12)9-28-21-17(20)16-18(25)14(24)6-15(27-2)19(16)31-21/h6-9,27H,4-5,10-11,26H2,1-3H3,(H,28,31). The molecule has 0 spiro atoms. The molecule has 0 amide bonds. The number of rotatable bonds is 5. The molecular formula is C23H25F2N7O. The lowest BCUT2D eigenvalue weighted by Crippen LogP contribution is -2.31. The Kier molecular flexibility index (Phi) is 5.04. The molecule has 0 aliphatic carbocycles. The zero-order chi connectivity index (χ0) is 23.3. The van der Waals surface area contributed by atoms with Crippen molar-refractivity contribution in [1.29, 1.82) is 0 Å². The lowest BCUT2D eigenvalue weighted by atomic mass is 9.90. The zero-order valence-corrected chi connectivity index (χ0v) is 18.7. The van der Waals surface area contributed by atoms with Gasteiger partial charge in [-0.25, -0.2) is 23.7 Å². The molecule has 33 heavy (non-hydrogen) atoms. The lowest BCUT2D eigenvalue weighted by Gasteiger charge is -2.26. The van der Waals surface area contributed by atoms with Gasteiger partial charge in [0.2, 0.25) is 0 Å². The average Bonchev–Trinajstić information content (AvgIpc) is 3.42. The normalized spacial score (nSPS) is 18.4. The number of hydrogen-bond acceptors (Lipinski definition) is 7. The van der Waals surface area contributed by atoms with E-state index in [-0.39, 0.29) is 16.8 Å². The van der Waals surface area contributed by atoms with E-state index in [1.807, 2.05) is 0 Å². The largest absolute Gasteiger partial charge is 0.467 e. The van der Waals surface area contributed by atoms with Gasteiger partial charge >= 0.3 is 6.01 Å². The Hall–Kier alpha value is -3.53. The van der Waals surface area contributed by atoms with Crippen molar-refractivity contribution in [2.45, 2.75) is 13.3 Å². The SMILES string of the molecule is CNc1cc(F)c(F)c2c1[nH]c1ncc(-c3cnc(OC)nc3)c(N3CCC(C)(CN)C3)c12. The first kappa shape index (κ1) is 21.3. The molecule has 1 aromatic carbocycles. The van der Waals surface area contributed by atoms with E-state index in [1.54, 1.807) is 25.6 Å². The highest BCUT2D eigenvalue weighted by Gasteiger charge is 2.35. The second-order valence-electron chi connectivity index (χ2n) is 8.73. The number of H-pyrrole nitrogens is 1. The van der Waals surface area contributed by atoms with Gasteiger partial charge in [-0.3, -0.25) is 0 Å². The van der Waals surface area contributed by atoms with Crippen molar-refractivity contribution in [2.75, 3.05) is 44.0 Å². The summed E-state index contributed by atoms with van der Waals surface area (Å²) < 4.78 is 34.9. The minimum Gasteiger partial charge on any atom is -0.467 e. The fourth-order valence-electron chi connectivity index (χ4n) is 4.62. The number of anilines is 2. The van der Waals surface area contributed by atoms with Gasteiger partial charge in [0.25, 0.3) is 0 Å². The molecule has 0 radical (unpaired) electrons. The Morgan fingerprint density at radius 2 is 1.97 bits per heavy atom. The summed E-state index contributed by atoms with van der Waals surface area (Å²) in [5.41, 5.74) is 9.53. The predicted octanol–water partition coefficient (Wildman–Crippen LogP) is 3.68. The Bertz CT molecular complexity index is 1360. The molecule has 4 heterocycles. The summed E-state index contributed by atoms with van der Waals surface area (Å²) in [4.78, 5) is 18.4. The van der Waals surface area contributed by atoms with E-state index in [9.17, 15) is 4.39 Å². The highest BCUT2D eigenvalue weighted by molar-refractivity contribution is 6.18. The molecule has 4 N–H and O–H groups in total. The van der Waals surface area contributed by atoms with Crippen LogP contribution in [0.4, 0.5) is 20.2 Å². The number of nitrogens with one attached hydrogen (secondary N) is 2. The Morgan fingerprint density at radius 1 is 1.21 bits per heavy atom. The second-order valence-corrected chi connectivity index (χ2v) is 8.73. The number of benzene rings is 1. The Balaban J connectivity index is 1.85. The predicted molar refractivity (Wildman–Crippen MR) is 125 cm³/mol. The number of aromatic nitrogens is 4. The zero-order valence-electron chi connectivity index (χ0n) is 18.7. The van der Waals surface area contributed by atoms with Crippen LogP contribution in [-0.2, 0) is 0 Å². The van der Waals surface area contributed by atoms with Gasteiger partial charge < -0.3 is 25.7 Å².